The normalized spacial score (nSPS) is 36.6. The first-order valence-corrected chi connectivity index (χ1v) is 15.3. The smallest absolute Gasteiger partial charge is 0.335 e. The van der Waals surface area contributed by atoms with Crippen LogP contribution < -0.4 is 0 Å². The fraction of sp³-hybridized carbons (Fsp3) is 1.00. The van der Waals surface area contributed by atoms with Gasteiger partial charge in [-0.2, -0.15) is 12.6 Å². The summed E-state index contributed by atoms with van der Waals surface area (Å²) in [6, 6.07) is 1.09. The molecule has 6 unspecified atom stereocenters. The molecule has 0 amide bonds. The second-order valence-electron chi connectivity index (χ2n) is 10.9. The molecule has 2 fully saturated rings. The summed E-state index contributed by atoms with van der Waals surface area (Å²) in [5.41, 5.74) is 0. The minimum Gasteiger partial charge on any atom is -0.391 e. The highest BCUT2D eigenvalue weighted by Gasteiger charge is 2.43. The Morgan fingerprint density at radius 2 is 1.25 bits per heavy atom. The lowest BCUT2D eigenvalue weighted by Gasteiger charge is -2.45. The van der Waals surface area contributed by atoms with Crippen LogP contribution in [0.25, 0.3) is 0 Å². The van der Waals surface area contributed by atoms with E-state index in [1.807, 2.05) is 0 Å². The number of thiol groups is 1. The van der Waals surface area contributed by atoms with Gasteiger partial charge in [-0.1, -0.05) is 54.4 Å². The maximum atomic E-state index is 7.07. The van der Waals surface area contributed by atoms with E-state index in [4.69, 9.17) is 8.85 Å². The molecule has 6 atom stereocenters. The molecule has 0 heterocycles. The fourth-order valence-electron chi connectivity index (χ4n) is 5.69. The van der Waals surface area contributed by atoms with E-state index in [1.165, 1.54) is 38.5 Å². The van der Waals surface area contributed by atoms with Crippen molar-refractivity contribution in [2.75, 3.05) is 5.75 Å². The quantitative estimate of drug-likeness (QED) is 0.306. The van der Waals surface area contributed by atoms with Crippen LogP contribution in [0, 0.1) is 35.5 Å². The molecule has 0 radical (unpaired) electrons. The maximum Gasteiger partial charge on any atom is 0.335 e. The van der Waals surface area contributed by atoms with Gasteiger partial charge in [0.2, 0.25) is 0 Å². The van der Waals surface area contributed by atoms with Crippen LogP contribution in [0.1, 0.15) is 86.5 Å². The zero-order chi connectivity index (χ0) is 20.9. The van der Waals surface area contributed by atoms with Gasteiger partial charge in [-0.3, -0.25) is 0 Å². The van der Waals surface area contributed by atoms with Crippen molar-refractivity contribution in [3.8, 4) is 0 Å². The third kappa shape index (κ3) is 7.03. The van der Waals surface area contributed by atoms with Crippen molar-refractivity contribution < 1.29 is 8.85 Å². The number of rotatable bonds is 9. The van der Waals surface area contributed by atoms with Crippen LogP contribution >= 0.6 is 12.6 Å². The van der Waals surface area contributed by atoms with E-state index < -0.39 is 8.56 Å². The highest BCUT2D eigenvalue weighted by molar-refractivity contribution is 7.80. The van der Waals surface area contributed by atoms with E-state index in [2.05, 4.69) is 60.7 Å². The van der Waals surface area contributed by atoms with Gasteiger partial charge in [-0.25, -0.2) is 0 Å². The van der Waals surface area contributed by atoms with Gasteiger partial charge in [0.15, 0.2) is 0 Å². The molecule has 0 aromatic carbocycles. The van der Waals surface area contributed by atoms with Gasteiger partial charge in [-0.05, 0) is 86.0 Å². The topological polar surface area (TPSA) is 18.5 Å². The molecule has 0 saturated heterocycles. The minimum atomic E-state index is -2.23. The lowest BCUT2D eigenvalue weighted by molar-refractivity contribution is -0.0257. The zero-order valence-corrected chi connectivity index (χ0v) is 21.6. The second kappa shape index (κ2) is 11.2. The summed E-state index contributed by atoms with van der Waals surface area (Å²) in [4.78, 5) is 0. The Labute approximate surface area is 182 Å². The van der Waals surface area contributed by atoms with E-state index in [0.717, 1.165) is 30.1 Å². The van der Waals surface area contributed by atoms with Crippen molar-refractivity contribution in [3.05, 3.63) is 0 Å². The summed E-state index contributed by atoms with van der Waals surface area (Å²) in [6.07, 6.45) is 9.65. The van der Waals surface area contributed by atoms with Crippen molar-refractivity contribution in [3.63, 3.8) is 0 Å². The molecule has 2 rings (SSSR count). The highest BCUT2D eigenvalue weighted by atomic mass is 32.1. The summed E-state index contributed by atoms with van der Waals surface area (Å²) in [7, 11) is -2.23. The van der Waals surface area contributed by atoms with Crippen LogP contribution in [0.2, 0.25) is 12.6 Å². The van der Waals surface area contributed by atoms with Gasteiger partial charge in [0.25, 0.3) is 0 Å². The molecule has 0 aliphatic heterocycles. The Morgan fingerprint density at radius 3 is 1.61 bits per heavy atom. The molecule has 2 aliphatic carbocycles. The molecule has 0 aromatic rings. The summed E-state index contributed by atoms with van der Waals surface area (Å²) >= 11 is 4.50. The van der Waals surface area contributed by atoms with E-state index >= 15 is 0 Å². The summed E-state index contributed by atoms with van der Waals surface area (Å²) in [5, 5.41) is 0. The fourth-order valence-corrected chi connectivity index (χ4v) is 9.08. The average molecular weight is 429 g/mol. The van der Waals surface area contributed by atoms with E-state index in [-0.39, 0.29) is 0 Å². The predicted octanol–water partition coefficient (Wildman–Crippen LogP) is 7.33. The van der Waals surface area contributed by atoms with Crippen LogP contribution in [0.5, 0.6) is 0 Å². The summed E-state index contributed by atoms with van der Waals surface area (Å²) < 4.78 is 14.1. The minimum absolute atomic E-state index is 0.388. The molecule has 0 bridgehead atoms. The molecular formula is C24H48O2SSi. The Kier molecular flexibility index (Phi) is 9.90. The SMILES string of the molecule is CC1CCC(C(C)C)C(O[Si](C)(CCCS)OC2CC(C)CCC2C(C)C)C1. The largest absolute Gasteiger partial charge is 0.391 e. The van der Waals surface area contributed by atoms with E-state index in [0.29, 0.717) is 35.9 Å². The van der Waals surface area contributed by atoms with Gasteiger partial charge in [0.1, 0.15) is 0 Å². The van der Waals surface area contributed by atoms with Gasteiger partial charge in [0, 0.05) is 0 Å². The van der Waals surface area contributed by atoms with Crippen molar-refractivity contribution in [1.29, 1.82) is 0 Å². The Hall–Kier alpha value is 0.487. The molecular weight excluding hydrogens is 380 g/mol. The standard InChI is InChI=1S/C24H48O2SSi/c1-17(2)21-11-9-19(5)15-23(21)25-28(7,14-8-13-27)26-24-16-20(6)10-12-22(24)18(3)4/h17-24,27H,8-16H2,1-7H3. The third-order valence-corrected chi connectivity index (χ3v) is 10.7. The molecule has 28 heavy (non-hydrogen) atoms. The molecule has 166 valence electrons. The Morgan fingerprint density at radius 1 is 0.821 bits per heavy atom. The molecule has 4 heteroatoms. The van der Waals surface area contributed by atoms with Crippen molar-refractivity contribution >= 4 is 21.2 Å². The first kappa shape index (κ1) is 24.8. The zero-order valence-electron chi connectivity index (χ0n) is 19.7. The Balaban J connectivity index is 2.16. The van der Waals surface area contributed by atoms with Crippen molar-refractivity contribution in [1.82, 2.24) is 0 Å². The Bertz CT molecular complexity index is 422. The first-order valence-electron chi connectivity index (χ1n) is 12.1. The van der Waals surface area contributed by atoms with Gasteiger partial charge in [0.05, 0.1) is 12.2 Å². The van der Waals surface area contributed by atoms with E-state index in [1.54, 1.807) is 0 Å². The predicted molar refractivity (Wildman–Crippen MR) is 127 cm³/mol. The third-order valence-electron chi connectivity index (χ3n) is 7.51. The number of hydrogen-bond donors (Lipinski definition) is 1. The van der Waals surface area contributed by atoms with Crippen LogP contribution in [0.3, 0.4) is 0 Å². The molecule has 0 spiro atoms. The van der Waals surface area contributed by atoms with Crippen molar-refractivity contribution in [2.45, 2.75) is 111 Å². The number of hydrogen-bond acceptors (Lipinski definition) is 3. The summed E-state index contributed by atoms with van der Waals surface area (Å²) in [6.45, 7) is 16.7. The van der Waals surface area contributed by atoms with Gasteiger partial charge in [-0.15, -0.1) is 0 Å². The van der Waals surface area contributed by atoms with Crippen LogP contribution in [0.15, 0.2) is 0 Å². The average Bonchev–Trinajstić information content (AvgIpc) is 2.59. The molecule has 2 saturated carbocycles. The lowest BCUT2D eigenvalue weighted by atomic mass is 9.75. The molecule has 0 N–H and O–H groups in total. The lowest BCUT2D eigenvalue weighted by Crippen LogP contribution is -2.51. The van der Waals surface area contributed by atoms with E-state index in [9.17, 15) is 0 Å². The molecule has 2 nitrogen and oxygen atoms in total. The highest BCUT2D eigenvalue weighted by Crippen LogP contribution is 2.41. The molecule has 2 aliphatic rings. The van der Waals surface area contributed by atoms with Gasteiger partial charge < -0.3 is 8.85 Å². The monoisotopic (exact) mass is 428 g/mol. The first-order chi connectivity index (χ1) is 13.1. The second-order valence-corrected chi connectivity index (χ2v) is 14.6. The maximum absolute atomic E-state index is 7.07. The molecule has 0 aromatic heterocycles. The van der Waals surface area contributed by atoms with Crippen LogP contribution in [-0.4, -0.2) is 26.5 Å². The van der Waals surface area contributed by atoms with Crippen LogP contribution in [0.4, 0.5) is 0 Å². The summed E-state index contributed by atoms with van der Waals surface area (Å²) in [5.74, 6) is 5.25. The van der Waals surface area contributed by atoms with Gasteiger partial charge >= 0.3 is 8.56 Å². The van der Waals surface area contributed by atoms with Crippen LogP contribution in [-0.2, 0) is 8.85 Å². The van der Waals surface area contributed by atoms with Crippen molar-refractivity contribution in [2.24, 2.45) is 35.5 Å².